The monoisotopic (exact) mass is 723 g/mol. The van der Waals surface area contributed by atoms with Gasteiger partial charge in [-0.3, -0.25) is 0 Å². The number of aromatic hydroxyl groups is 6. The van der Waals surface area contributed by atoms with Gasteiger partial charge < -0.3 is 74.3 Å². The van der Waals surface area contributed by atoms with Crippen LogP contribution in [0.4, 0.5) is 4.39 Å². The molecule has 0 aliphatic carbocycles. The molecule has 0 saturated carbocycles. The van der Waals surface area contributed by atoms with Crippen molar-refractivity contribution in [3.05, 3.63) is 65.0 Å². The van der Waals surface area contributed by atoms with Gasteiger partial charge in [-0.1, -0.05) is 0 Å². The van der Waals surface area contributed by atoms with Crippen molar-refractivity contribution in [2.24, 2.45) is 5.73 Å². The van der Waals surface area contributed by atoms with Crippen molar-refractivity contribution in [3.8, 4) is 40.2 Å². The normalized spacial score (nSPS) is 16.8. The molecule has 0 fully saturated rings. The van der Waals surface area contributed by atoms with Gasteiger partial charge in [0.25, 0.3) is 0 Å². The van der Waals surface area contributed by atoms with Gasteiger partial charge in [0.15, 0.2) is 29.5 Å². The van der Waals surface area contributed by atoms with E-state index in [9.17, 15) is 39.8 Å². The molecule has 280 valence electrons. The fourth-order valence-corrected chi connectivity index (χ4v) is 5.04. The molecule has 0 spiro atoms. The van der Waals surface area contributed by atoms with Crippen LogP contribution in [0.5, 0.6) is 40.2 Å². The highest BCUT2D eigenvalue weighted by molar-refractivity contribution is 5.90. The van der Waals surface area contributed by atoms with E-state index in [0.29, 0.717) is 52.8 Å². The number of ether oxygens (including phenoxy) is 8. The molecule has 3 aromatic rings. The lowest BCUT2D eigenvalue weighted by atomic mass is 9.90. The van der Waals surface area contributed by atoms with Crippen LogP contribution in [0, 0.1) is 5.82 Å². The Labute approximate surface area is 292 Å². The molecule has 0 aromatic heterocycles. The maximum Gasteiger partial charge on any atom is 0.338 e. The molecule has 17 heteroatoms. The van der Waals surface area contributed by atoms with Crippen LogP contribution in [0.2, 0.25) is 0 Å². The van der Waals surface area contributed by atoms with Crippen LogP contribution in [-0.2, 0) is 33.2 Å². The lowest BCUT2D eigenvalue weighted by molar-refractivity contribution is -0.118. The van der Waals surface area contributed by atoms with Gasteiger partial charge in [-0.2, -0.15) is 0 Å². The maximum atomic E-state index is 14.1. The summed E-state index contributed by atoms with van der Waals surface area (Å²) in [5.74, 6) is -5.81. The maximum absolute atomic E-state index is 14.1. The van der Waals surface area contributed by atoms with Crippen molar-refractivity contribution in [1.82, 2.24) is 0 Å². The van der Waals surface area contributed by atoms with E-state index in [4.69, 9.17) is 43.6 Å². The van der Waals surface area contributed by atoms with Gasteiger partial charge in [-0.05, 0) is 24.3 Å². The van der Waals surface area contributed by atoms with Crippen LogP contribution in [0.1, 0.15) is 33.7 Å². The minimum atomic E-state index is -1.51. The average Bonchev–Trinajstić information content (AvgIpc) is 3.08. The third-order valence-corrected chi connectivity index (χ3v) is 7.30. The number of esters is 1. The Morgan fingerprint density at radius 3 is 1.75 bits per heavy atom. The van der Waals surface area contributed by atoms with Crippen LogP contribution in [0.3, 0.4) is 0 Å². The molecule has 1 aliphatic heterocycles. The largest absolute Gasteiger partial charge is 0.508 e. The molecule has 3 atom stereocenters. The highest BCUT2D eigenvalue weighted by Gasteiger charge is 2.45. The Bertz CT molecular complexity index is 1530. The van der Waals surface area contributed by atoms with Gasteiger partial charge >= 0.3 is 5.97 Å². The van der Waals surface area contributed by atoms with Gasteiger partial charge in [0.1, 0.15) is 34.9 Å². The van der Waals surface area contributed by atoms with Gasteiger partial charge in [-0.25, -0.2) is 9.18 Å². The minimum Gasteiger partial charge on any atom is -0.508 e. The molecule has 3 aromatic carbocycles. The third-order valence-electron chi connectivity index (χ3n) is 7.30. The fraction of sp³-hybridized carbons (Fsp3) is 0.441. The molecular weight excluding hydrogens is 681 g/mol. The second-order valence-corrected chi connectivity index (χ2v) is 11.0. The first-order chi connectivity index (χ1) is 24.6. The summed E-state index contributed by atoms with van der Waals surface area (Å²) in [5, 5.41) is 61.3. The number of rotatable bonds is 21. The van der Waals surface area contributed by atoms with Crippen molar-refractivity contribution in [1.29, 1.82) is 0 Å². The molecule has 0 bridgehead atoms. The highest BCUT2D eigenvalue weighted by Crippen LogP contribution is 2.51. The number of phenols is 6. The van der Waals surface area contributed by atoms with Crippen molar-refractivity contribution in [2.75, 3.05) is 79.2 Å². The first-order valence-corrected chi connectivity index (χ1v) is 16.0. The lowest BCUT2D eigenvalue weighted by Gasteiger charge is -2.39. The Kier molecular flexibility index (Phi) is 15.1. The first-order valence-electron chi connectivity index (χ1n) is 16.0. The molecule has 4 rings (SSSR count). The number of hydrogen-bond donors (Lipinski definition) is 7. The Morgan fingerprint density at radius 2 is 1.20 bits per heavy atom. The zero-order valence-electron chi connectivity index (χ0n) is 27.6. The van der Waals surface area contributed by atoms with E-state index in [1.807, 2.05) is 0 Å². The van der Waals surface area contributed by atoms with E-state index < -0.39 is 58.8 Å². The topological polar surface area (TPSA) is 238 Å². The quantitative estimate of drug-likeness (QED) is 0.0475. The summed E-state index contributed by atoms with van der Waals surface area (Å²) < 4.78 is 59.0. The number of fused-ring (bicyclic) bond motifs is 1. The second-order valence-electron chi connectivity index (χ2n) is 11.0. The van der Waals surface area contributed by atoms with Crippen LogP contribution in [0.25, 0.3) is 0 Å². The number of halogens is 1. The van der Waals surface area contributed by atoms with E-state index in [2.05, 4.69) is 0 Å². The van der Waals surface area contributed by atoms with Crippen LogP contribution in [0.15, 0.2) is 42.5 Å². The molecule has 1 aliphatic rings. The smallest absolute Gasteiger partial charge is 0.338 e. The summed E-state index contributed by atoms with van der Waals surface area (Å²) in [7, 11) is 0. The molecule has 0 saturated heterocycles. The van der Waals surface area contributed by atoms with E-state index >= 15 is 0 Å². The molecule has 0 amide bonds. The summed E-state index contributed by atoms with van der Waals surface area (Å²) >= 11 is 0. The third kappa shape index (κ3) is 11.4. The lowest BCUT2D eigenvalue weighted by Crippen LogP contribution is -2.40. The van der Waals surface area contributed by atoms with E-state index in [1.165, 1.54) is 6.07 Å². The highest BCUT2D eigenvalue weighted by atomic mass is 19.1. The molecule has 1 heterocycles. The molecule has 51 heavy (non-hydrogen) atoms. The number of nitrogens with two attached hydrogens (primary N) is 1. The standard InChI is InChI=1S/C34H42FNO15/c35-22-13-21(14-23(37)17-22)34(43)51-33-31(20-15-26(40)30(42)27(41)16-20)50-28-19-24(38)18-25(39)29(28)32(33)49-12-11-48-10-9-47-8-7-46-6-5-45-4-3-44-2-1-36/h13-19,31-33,37-42H,1-12,36H2. The van der Waals surface area contributed by atoms with Crippen molar-refractivity contribution >= 4 is 5.97 Å². The summed E-state index contributed by atoms with van der Waals surface area (Å²) in [6.45, 7) is 3.68. The number of carbonyl (C=O) groups excluding carboxylic acids is 1. The predicted molar refractivity (Wildman–Crippen MR) is 174 cm³/mol. The van der Waals surface area contributed by atoms with Gasteiger partial charge in [-0.15, -0.1) is 0 Å². The number of phenolic OH excluding ortho intramolecular Hbond substituents is 6. The van der Waals surface area contributed by atoms with Crippen molar-refractivity contribution in [2.45, 2.75) is 18.3 Å². The average molecular weight is 724 g/mol. The molecule has 16 nitrogen and oxygen atoms in total. The molecule has 0 radical (unpaired) electrons. The first kappa shape index (κ1) is 39.2. The van der Waals surface area contributed by atoms with Crippen LogP contribution >= 0.6 is 0 Å². The minimum absolute atomic E-state index is 0.0115. The van der Waals surface area contributed by atoms with Gasteiger partial charge in [0, 0.05) is 30.3 Å². The Balaban J connectivity index is 1.38. The van der Waals surface area contributed by atoms with Crippen molar-refractivity contribution < 1.29 is 77.7 Å². The van der Waals surface area contributed by atoms with Gasteiger partial charge in [0.2, 0.25) is 0 Å². The summed E-state index contributed by atoms with van der Waals surface area (Å²) in [6.07, 6.45) is -4.24. The summed E-state index contributed by atoms with van der Waals surface area (Å²) in [5.41, 5.74) is 4.94. The van der Waals surface area contributed by atoms with E-state index in [1.54, 1.807) is 0 Å². The fourth-order valence-electron chi connectivity index (χ4n) is 5.04. The van der Waals surface area contributed by atoms with Crippen molar-refractivity contribution in [3.63, 3.8) is 0 Å². The van der Waals surface area contributed by atoms with E-state index in [-0.39, 0.29) is 54.6 Å². The van der Waals surface area contributed by atoms with Crippen LogP contribution < -0.4 is 10.5 Å². The summed E-state index contributed by atoms with van der Waals surface area (Å²) in [4.78, 5) is 13.3. The number of benzene rings is 3. The zero-order valence-corrected chi connectivity index (χ0v) is 27.6. The number of carbonyl (C=O) groups is 1. The molecule has 8 N–H and O–H groups in total. The zero-order chi connectivity index (χ0) is 36.8. The van der Waals surface area contributed by atoms with E-state index in [0.717, 1.165) is 36.4 Å². The molecule has 3 unspecified atom stereocenters. The second kappa shape index (κ2) is 19.7. The van der Waals surface area contributed by atoms with Crippen LogP contribution in [-0.4, -0.2) is 122 Å². The summed E-state index contributed by atoms with van der Waals surface area (Å²) in [6, 6.07) is 6.87. The SMILES string of the molecule is NCCOCCOCCOCCOCCOCCOC1c2c(O)cc(O)cc2OC(c2cc(O)c(O)c(O)c2)C1OC(=O)c1cc(O)cc(F)c1. The molecular formula is C34H42FNO15. The Morgan fingerprint density at radius 1 is 0.667 bits per heavy atom. The van der Waals surface area contributed by atoms with Gasteiger partial charge in [0.05, 0.1) is 83.8 Å². The predicted octanol–water partition coefficient (Wildman–Crippen LogP) is 2.52. The number of hydrogen-bond acceptors (Lipinski definition) is 16. The Hall–Kier alpha value is -4.62.